The molecule has 0 bridgehead atoms. The van der Waals surface area contributed by atoms with Crippen LogP contribution in [-0.4, -0.2) is 27.1 Å². The zero-order valence-corrected chi connectivity index (χ0v) is 10.6. The highest BCUT2D eigenvalue weighted by molar-refractivity contribution is 7.99. The zero-order chi connectivity index (χ0) is 13.8. The molecule has 0 atom stereocenters. The first-order valence-corrected chi connectivity index (χ1v) is 5.93. The number of nitro groups is 1. The lowest BCUT2D eigenvalue weighted by molar-refractivity contribution is -0.389. The standard InChI is InChI=1S/C11H9N3O4S/c1-18-10-9(14(16)17)11(13-6-12-10)19-8-4-2-7(15)3-5-8/h2-6,15H,1H3. The third kappa shape index (κ3) is 2.91. The molecule has 0 spiro atoms. The van der Waals surface area contributed by atoms with Crippen LogP contribution in [0.15, 0.2) is 40.5 Å². The fourth-order valence-electron chi connectivity index (χ4n) is 1.35. The minimum Gasteiger partial charge on any atom is -0.508 e. The third-order valence-corrected chi connectivity index (χ3v) is 3.18. The summed E-state index contributed by atoms with van der Waals surface area (Å²) in [6.45, 7) is 0. The molecular weight excluding hydrogens is 270 g/mol. The second kappa shape index (κ2) is 5.53. The highest BCUT2D eigenvalue weighted by Gasteiger charge is 2.24. The Kier molecular flexibility index (Phi) is 3.81. The summed E-state index contributed by atoms with van der Waals surface area (Å²) in [6, 6.07) is 6.26. The topological polar surface area (TPSA) is 98.4 Å². The Labute approximate surface area is 112 Å². The van der Waals surface area contributed by atoms with Gasteiger partial charge in [-0.15, -0.1) is 0 Å². The number of ether oxygens (including phenoxy) is 1. The van der Waals surface area contributed by atoms with Gasteiger partial charge in [0.05, 0.1) is 12.0 Å². The molecule has 0 aliphatic heterocycles. The van der Waals surface area contributed by atoms with Crippen molar-refractivity contribution in [3.05, 3.63) is 40.7 Å². The van der Waals surface area contributed by atoms with Crippen LogP contribution >= 0.6 is 11.8 Å². The number of phenols is 1. The van der Waals surface area contributed by atoms with Crippen molar-refractivity contribution in [1.82, 2.24) is 9.97 Å². The normalized spacial score (nSPS) is 10.2. The van der Waals surface area contributed by atoms with Gasteiger partial charge in [-0.25, -0.2) is 4.98 Å². The number of aromatic hydroxyl groups is 1. The summed E-state index contributed by atoms with van der Waals surface area (Å²) in [5.74, 6) is 0.0420. The van der Waals surface area contributed by atoms with Crippen LogP contribution < -0.4 is 4.74 Å². The number of rotatable bonds is 4. The van der Waals surface area contributed by atoms with Crippen LogP contribution in [0.5, 0.6) is 11.6 Å². The van der Waals surface area contributed by atoms with Gasteiger partial charge in [0, 0.05) is 4.90 Å². The van der Waals surface area contributed by atoms with E-state index >= 15 is 0 Å². The summed E-state index contributed by atoms with van der Waals surface area (Å²) in [5.41, 5.74) is -0.275. The van der Waals surface area contributed by atoms with Crippen LogP contribution in [0.1, 0.15) is 0 Å². The van der Waals surface area contributed by atoms with E-state index in [4.69, 9.17) is 4.74 Å². The summed E-state index contributed by atoms with van der Waals surface area (Å²) < 4.78 is 4.86. The van der Waals surface area contributed by atoms with Crippen molar-refractivity contribution in [1.29, 1.82) is 0 Å². The lowest BCUT2D eigenvalue weighted by Gasteiger charge is -2.04. The molecule has 0 aliphatic rings. The van der Waals surface area contributed by atoms with Gasteiger partial charge >= 0.3 is 5.69 Å². The minimum atomic E-state index is -0.582. The van der Waals surface area contributed by atoms with E-state index in [-0.39, 0.29) is 22.3 Å². The molecule has 1 aromatic heterocycles. The van der Waals surface area contributed by atoms with Crippen molar-refractivity contribution in [2.45, 2.75) is 9.92 Å². The Morgan fingerprint density at radius 3 is 2.58 bits per heavy atom. The van der Waals surface area contributed by atoms with Crippen LogP contribution in [0.4, 0.5) is 5.69 Å². The number of methoxy groups -OCH3 is 1. The number of aromatic nitrogens is 2. The van der Waals surface area contributed by atoms with Crippen molar-refractivity contribution in [2.24, 2.45) is 0 Å². The molecule has 0 radical (unpaired) electrons. The number of nitrogens with zero attached hydrogens (tertiary/aromatic N) is 3. The lowest BCUT2D eigenvalue weighted by atomic mass is 10.3. The van der Waals surface area contributed by atoms with E-state index in [1.54, 1.807) is 12.1 Å². The summed E-state index contributed by atoms with van der Waals surface area (Å²) in [5, 5.41) is 20.4. The van der Waals surface area contributed by atoms with Gasteiger partial charge in [-0.05, 0) is 24.3 Å². The first-order valence-electron chi connectivity index (χ1n) is 5.12. The Morgan fingerprint density at radius 1 is 1.32 bits per heavy atom. The van der Waals surface area contributed by atoms with E-state index in [1.165, 1.54) is 25.6 Å². The molecule has 1 N–H and O–H groups in total. The third-order valence-electron chi connectivity index (χ3n) is 2.18. The second-order valence-electron chi connectivity index (χ2n) is 3.39. The van der Waals surface area contributed by atoms with Gasteiger partial charge in [0.25, 0.3) is 5.88 Å². The first kappa shape index (κ1) is 13.1. The van der Waals surface area contributed by atoms with Crippen molar-refractivity contribution < 1.29 is 14.8 Å². The van der Waals surface area contributed by atoms with E-state index in [0.717, 1.165) is 11.8 Å². The Hall–Kier alpha value is -2.35. The monoisotopic (exact) mass is 279 g/mol. The molecule has 98 valence electrons. The van der Waals surface area contributed by atoms with Gasteiger partial charge in [0.15, 0.2) is 5.03 Å². The summed E-state index contributed by atoms with van der Waals surface area (Å²) in [6.07, 6.45) is 1.20. The number of benzene rings is 1. The van der Waals surface area contributed by atoms with Gasteiger partial charge in [-0.1, -0.05) is 11.8 Å². The molecule has 2 aromatic rings. The molecule has 19 heavy (non-hydrogen) atoms. The Morgan fingerprint density at radius 2 is 2.00 bits per heavy atom. The predicted octanol–water partition coefficient (Wildman–Crippen LogP) is 2.25. The highest BCUT2D eigenvalue weighted by Crippen LogP contribution is 2.37. The van der Waals surface area contributed by atoms with E-state index in [1.807, 2.05) is 0 Å². The summed E-state index contributed by atoms with van der Waals surface area (Å²) in [7, 11) is 1.31. The quantitative estimate of drug-likeness (QED) is 0.520. The molecule has 0 saturated carbocycles. The first-order chi connectivity index (χ1) is 9.11. The van der Waals surface area contributed by atoms with Gasteiger partial charge in [0.2, 0.25) is 0 Å². The molecule has 1 aromatic carbocycles. The van der Waals surface area contributed by atoms with Crippen molar-refractivity contribution in [3.63, 3.8) is 0 Å². The highest BCUT2D eigenvalue weighted by atomic mass is 32.2. The number of hydrogen-bond acceptors (Lipinski definition) is 7. The predicted molar refractivity (Wildman–Crippen MR) is 67.5 cm³/mol. The molecule has 8 heteroatoms. The molecule has 2 rings (SSSR count). The number of phenolic OH excluding ortho intramolecular Hbond substituents is 1. The van der Waals surface area contributed by atoms with Gasteiger partial charge in [0.1, 0.15) is 12.1 Å². The van der Waals surface area contributed by atoms with Crippen LogP contribution in [0.25, 0.3) is 0 Å². The molecule has 0 unspecified atom stereocenters. The minimum absolute atomic E-state index is 0.0821. The average Bonchev–Trinajstić information content (AvgIpc) is 2.40. The molecule has 0 aliphatic carbocycles. The summed E-state index contributed by atoms with van der Waals surface area (Å²) >= 11 is 1.10. The molecule has 1 heterocycles. The van der Waals surface area contributed by atoms with Crippen molar-refractivity contribution in [3.8, 4) is 11.6 Å². The second-order valence-corrected chi connectivity index (χ2v) is 4.45. The van der Waals surface area contributed by atoms with Crippen molar-refractivity contribution in [2.75, 3.05) is 7.11 Å². The maximum atomic E-state index is 11.0. The average molecular weight is 279 g/mol. The maximum absolute atomic E-state index is 11.0. The fraction of sp³-hybridized carbons (Fsp3) is 0.0909. The van der Waals surface area contributed by atoms with Crippen molar-refractivity contribution >= 4 is 17.4 Å². The van der Waals surface area contributed by atoms with E-state index in [9.17, 15) is 15.2 Å². The van der Waals surface area contributed by atoms with Crippen LogP contribution in [0.3, 0.4) is 0 Å². The van der Waals surface area contributed by atoms with E-state index in [0.29, 0.717) is 4.90 Å². The molecule has 0 saturated heterocycles. The largest absolute Gasteiger partial charge is 0.508 e. The Balaban J connectivity index is 2.39. The maximum Gasteiger partial charge on any atom is 0.363 e. The number of hydrogen-bond donors (Lipinski definition) is 1. The Bertz CT molecular complexity index is 603. The summed E-state index contributed by atoms with van der Waals surface area (Å²) in [4.78, 5) is 18.8. The molecule has 0 fully saturated rings. The lowest BCUT2D eigenvalue weighted by Crippen LogP contribution is -1.99. The fourth-order valence-corrected chi connectivity index (χ4v) is 2.21. The molecular formula is C11H9N3O4S. The smallest absolute Gasteiger partial charge is 0.363 e. The van der Waals surface area contributed by atoms with Crippen LogP contribution in [0.2, 0.25) is 0 Å². The zero-order valence-electron chi connectivity index (χ0n) is 9.81. The molecule has 7 nitrogen and oxygen atoms in total. The van der Waals surface area contributed by atoms with Crippen LogP contribution in [0, 0.1) is 10.1 Å². The van der Waals surface area contributed by atoms with Crippen LogP contribution in [-0.2, 0) is 0 Å². The molecule has 0 amide bonds. The SMILES string of the molecule is COc1ncnc(Sc2ccc(O)cc2)c1[N+](=O)[O-]. The van der Waals surface area contributed by atoms with E-state index in [2.05, 4.69) is 9.97 Å². The van der Waals surface area contributed by atoms with Gasteiger partial charge in [-0.3, -0.25) is 10.1 Å². The van der Waals surface area contributed by atoms with Gasteiger partial charge < -0.3 is 9.84 Å². The van der Waals surface area contributed by atoms with E-state index < -0.39 is 4.92 Å². The van der Waals surface area contributed by atoms with Gasteiger partial charge in [-0.2, -0.15) is 4.98 Å².